The molecule has 1 aliphatic rings. The van der Waals surface area contributed by atoms with E-state index in [1.807, 2.05) is 41.3 Å². The molecule has 4 heterocycles. The van der Waals surface area contributed by atoms with Gasteiger partial charge in [-0.2, -0.15) is 0 Å². The zero-order valence-electron chi connectivity index (χ0n) is 21.0. The van der Waals surface area contributed by atoms with Gasteiger partial charge in [-0.1, -0.05) is 25.1 Å². The van der Waals surface area contributed by atoms with Gasteiger partial charge in [-0.05, 0) is 70.3 Å². The highest BCUT2D eigenvalue weighted by Gasteiger charge is 2.33. The van der Waals surface area contributed by atoms with Gasteiger partial charge in [-0.25, -0.2) is 9.07 Å². The van der Waals surface area contributed by atoms with E-state index in [1.165, 1.54) is 11.6 Å². The van der Waals surface area contributed by atoms with Crippen LogP contribution in [0, 0.1) is 5.82 Å². The van der Waals surface area contributed by atoms with Gasteiger partial charge in [-0.3, -0.25) is 9.69 Å². The third-order valence-corrected chi connectivity index (χ3v) is 7.20. The van der Waals surface area contributed by atoms with Crippen molar-refractivity contribution in [2.24, 2.45) is 0 Å². The van der Waals surface area contributed by atoms with Crippen LogP contribution >= 0.6 is 0 Å². The Balaban J connectivity index is 1.40. The molecular formula is C28H28FN7O2. The van der Waals surface area contributed by atoms with E-state index in [4.69, 9.17) is 4.42 Å². The van der Waals surface area contributed by atoms with Crippen LogP contribution in [0.3, 0.4) is 0 Å². The summed E-state index contributed by atoms with van der Waals surface area (Å²) in [5.74, 6) is 1.02. The smallest absolute Gasteiger partial charge is 0.253 e. The highest BCUT2D eigenvalue weighted by molar-refractivity contribution is 5.80. The maximum absolute atomic E-state index is 14.5. The zero-order chi connectivity index (χ0) is 26.1. The summed E-state index contributed by atoms with van der Waals surface area (Å²) in [7, 11) is 0. The van der Waals surface area contributed by atoms with Gasteiger partial charge >= 0.3 is 0 Å². The number of anilines is 1. The van der Waals surface area contributed by atoms with Crippen molar-refractivity contribution in [2.45, 2.75) is 25.9 Å². The lowest BCUT2D eigenvalue weighted by atomic mass is 10.0. The van der Waals surface area contributed by atoms with Crippen molar-refractivity contribution in [3.8, 4) is 0 Å². The van der Waals surface area contributed by atoms with Gasteiger partial charge in [0.15, 0.2) is 5.82 Å². The Morgan fingerprint density at radius 2 is 1.89 bits per heavy atom. The lowest BCUT2D eigenvalue weighted by Gasteiger charge is -2.39. The standard InChI is InChI=1S/C28H28FN7O2/c1-2-19-9-10-24-20(16-19)17-22(28(37)30-24)26(27-31-32-33-36(27)18-21-6-5-15-38-21)35-13-11-34(12-14-35)25-8-4-3-7-23(25)29/h3-10,15-17,26H,2,11-14,18H2,1H3,(H,30,37). The number of tetrazole rings is 1. The van der Waals surface area contributed by atoms with Gasteiger partial charge in [0, 0.05) is 37.3 Å². The first-order valence-electron chi connectivity index (χ1n) is 12.8. The fourth-order valence-electron chi connectivity index (χ4n) is 5.19. The normalized spacial score (nSPS) is 15.3. The Kier molecular flexibility index (Phi) is 6.47. The number of halogens is 1. The first-order valence-corrected chi connectivity index (χ1v) is 12.8. The van der Waals surface area contributed by atoms with E-state index >= 15 is 0 Å². The minimum absolute atomic E-state index is 0.184. The number of aromatic nitrogens is 5. The Morgan fingerprint density at radius 3 is 2.66 bits per heavy atom. The molecule has 0 saturated carbocycles. The third kappa shape index (κ3) is 4.58. The molecule has 1 saturated heterocycles. The number of H-pyrrole nitrogens is 1. The van der Waals surface area contributed by atoms with Crippen molar-refractivity contribution >= 4 is 16.6 Å². The Morgan fingerprint density at radius 1 is 1.05 bits per heavy atom. The molecule has 0 spiro atoms. The number of aryl methyl sites for hydroxylation is 1. The summed E-state index contributed by atoms with van der Waals surface area (Å²) >= 11 is 0. The number of nitrogens with zero attached hydrogens (tertiary/aromatic N) is 6. The predicted molar refractivity (Wildman–Crippen MR) is 142 cm³/mol. The molecule has 1 aliphatic heterocycles. The quantitative estimate of drug-likeness (QED) is 0.354. The van der Waals surface area contributed by atoms with Crippen LogP contribution in [0.25, 0.3) is 10.9 Å². The molecule has 9 nitrogen and oxygen atoms in total. The molecule has 10 heteroatoms. The summed E-state index contributed by atoms with van der Waals surface area (Å²) in [6.45, 7) is 4.84. The van der Waals surface area contributed by atoms with Gasteiger partial charge in [0.25, 0.3) is 5.56 Å². The van der Waals surface area contributed by atoms with Crippen molar-refractivity contribution in [2.75, 3.05) is 31.1 Å². The summed E-state index contributed by atoms with van der Waals surface area (Å²) < 4.78 is 21.7. The number of rotatable bonds is 7. The summed E-state index contributed by atoms with van der Waals surface area (Å²) in [5.41, 5.74) is 2.95. The van der Waals surface area contributed by atoms with Crippen LogP contribution in [0.1, 0.15) is 35.7 Å². The van der Waals surface area contributed by atoms with Crippen LogP contribution < -0.4 is 10.5 Å². The molecule has 1 atom stereocenters. The van der Waals surface area contributed by atoms with Gasteiger partial charge in [0.2, 0.25) is 0 Å². The largest absolute Gasteiger partial charge is 0.467 e. The van der Waals surface area contributed by atoms with Gasteiger partial charge in [0.05, 0.1) is 12.0 Å². The molecule has 0 aliphatic carbocycles. The molecule has 0 bridgehead atoms. The number of aromatic amines is 1. The second kappa shape index (κ2) is 10.2. The van der Waals surface area contributed by atoms with Crippen LogP contribution in [0.15, 0.2) is 76.1 Å². The average Bonchev–Trinajstić information content (AvgIpc) is 3.62. The number of hydrogen-bond acceptors (Lipinski definition) is 7. The van der Waals surface area contributed by atoms with Crippen LogP contribution in [0.2, 0.25) is 0 Å². The zero-order valence-corrected chi connectivity index (χ0v) is 21.0. The molecule has 0 amide bonds. The highest BCUT2D eigenvalue weighted by atomic mass is 19.1. The van der Waals surface area contributed by atoms with Gasteiger partial charge in [0.1, 0.15) is 24.2 Å². The molecule has 1 N–H and O–H groups in total. The summed E-state index contributed by atoms with van der Waals surface area (Å²) in [6.07, 6.45) is 2.51. The number of pyridine rings is 1. The molecule has 1 unspecified atom stereocenters. The molecule has 2 aromatic carbocycles. The highest BCUT2D eigenvalue weighted by Crippen LogP contribution is 2.30. The maximum Gasteiger partial charge on any atom is 0.253 e. The summed E-state index contributed by atoms with van der Waals surface area (Å²) in [4.78, 5) is 20.8. The van der Waals surface area contributed by atoms with E-state index in [9.17, 15) is 9.18 Å². The Bertz CT molecular complexity index is 1600. The van der Waals surface area contributed by atoms with E-state index in [2.05, 4.69) is 38.4 Å². The van der Waals surface area contributed by atoms with Crippen molar-refractivity contribution in [3.63, 3.8) is 0 Å². The molecule has 1 fully saturated rings. The lowest BCUT2D eigenvalue weighted by Crippen LogP contribution is -2.49. The molecule has 38 heavy (non-hydrogen) atoms. The molecule has 3 aromatic heterocycles. The minimum atomic E-state index is -0.499. The van der Waals surface area contributed by atoms with E-state index < -0.39 is 6.04 Å². The second-order valence-corrected chi connectivity index (χ2v) is 9.48. The first-order chi connectivity index (χ1) is 18.6. The molecule has 6 rings (SSSR count). The van der Waals surface area contributed by atoms with Crippen molar-refractivity contribution < 1.29 is 8.81 Å². The van der Waals surface area contributed by atoms with Crippen LogP contribution in [-0.4, -0.2) is 56.3 Å². The number of furan rings is 1. The number of benzene rings is 2. The minimum Gasteiger partial charge on any atom is -0.467 e. The number of hydrogen-bond donors (Lipinski definition) is 1. The number of nitrogens with one attached hydrogen (secondary N) is 1. The molecule has 5 aromatic rings. The lowest BCUT2D eigenvalue weighted by molar-refractivity contribution is 0.199. The molecular weight excluding hydrogens is 485 g/mol. The van der Waals surface area contributed by atoms with E-state index in [0.29, 0.717) is 55.6 Å². The SMILES string of the molecule is CCc1ccc2[nH]c(=O)c(C(c3nnnn3Cc3ccco3)N3CCN(c4ccccc4F)CC3)cc2c1. The molecule has 0 radical (unpaired) electrons. The van der Waals surface area contributed by atoms with Crippen molar-refractivity contribution in [1.82, 2.24) is 30.1 Å². The van der Waals surface area contributed by atoms with Crippen LogP contribution in [0.4, 0.5) is 10.1 Å². The average molecular weight is 514 g/mol. The Hall–Kier alpha value is -4.31. The first kappa shape index (κ1) is 24.1. The number of fused-ring (bicyclic) bond motifs is 1. The molecule has 194 valence electrons. The number of para-hydroxylation sites is 1. The fraction of sp³-hybridized carbons (Fsp3) is 0.286. The second-order valence-electron chi connectivity index (χ2n) is 9.48. The van der Waals surface area contributed by atoms with Crippen molar-refractivity contribution in [1.29, 1.82) is 0 Å². The van der Waals surface area contributed by atoms with Crippen molar-refractivity contribution in [3.05, 3.63) is 106 Å². The van der Waals surface area contributed by atoms with Gasteiger partial charge < -0.3 is 14.3 Å². The summed E-state index contributed by atoms with van der Waals surface area (Å²) in [5, 5.41) is 13.5. The fourth-order valence-corrected chi connectivity index (χ4v) is 5.19. The summed E-state index contributed by atoms with van der Waals surface area (Å²) in [6, 6.07) is 18.0. The van der Waals surface area contributed by atoms with E-state index in [0.717, 1.165) is 17.3 Å². The number of piperazine rings is 1. The third-order valence-electron chi connectivity index (χ3n) is 7.20. The van der Waals surface area contributed by atoms with Crippen LogP contribution in [0.5, 0.6) is 0 Å². The monoisotopic (exact) mass is 513 g/mol. The topological polar surface area (TPSA) is 96.1 Å². The van der Waals surface area contributed by atoms with E-state index in [1.54, 1.807) is 23.1 Å². The maximum atomic E-state index is 14.5. The van der Waals surface area contributed by atoms with Crippen LogP contribution in [-0.2, 0) is 13.0 Å². The Labute approximate surface area is 218 Å². The van der Waals surface area contributed by atoms with E-state index in [-0.39, 0.29) is 11.4 Å². The van der Waals surface area contributed by atoms with Gasteiger partial charge in [-0.15, -0.1) is 5.10 Å². The predicted octanol–water partition coefficient (Wildman–Crippen LogP) is 3.77.